The summed E-state index contributed by atoms with van der Waals surface area (Å²) >= 11 is 5.85. The molecule has 2 N–H and O–H groups in total. The number of nitrogens with zero attached hydrogens (tertiary/aromatic N) is 2. The Morgan fingerprint density at radius 2 is 1.96 bits per heavy atom. The van der Waals surface area contributed by atoms with Crippen molar-refractivity contribution in [3.63, 3.8) is 0 Å². The van der Waals surface area contributed by atoms with Crippen molar-refractivity contribution in [2.75, 3.05) is 5.32 Å². The smallest absolute Gasteiger partial charge is 0.274 e. The summed E-state index contributed by atoms with van der Waals surface area (Å²) in [5.41, 5.74) is 1.01. The molecule has 0 atom stereocenters. The molecule has 5 nitrogen and oxygen atoms in total. The third-order valence-corrected chi connectivity index (χ3v) is 3.42. The number of carbonyl (C=O) groups excluding carboxylic acids is 1. The summed E-state index contributed by atoms with van der Waals surface area (Å²) in [5.74, 6) is -0.955. The van der Waals surface area contributed by atoms with Crippen molar-refractivity contribution in [1.82, 2.24) is 9.55 Å². The Hall–Kier alpha value is -2.86. The van der Waals surface area contributed by atoms with Crippen molar-refractivity contribution in [3.05, 3.63) is 71.5 Å². The first-order valence-electron chi connectivity index (χ1n) is 6.63. The fourth-order valence-electron chi connectivity index (χ4n) is 2.07. The number of carbonyl (C=O) groups is 1. The van der Waals surface area contributed by atoms with Crippen LogP contribution in [0.25, 0.3) is 5.69 Å². The van der Waals surface area contributed by atoms with Gasteiger partial charge in [-0.2, -0.15) is 0 Å². The lowest BCUT2D eigenvalue weighted by molar-refractivity contribution is 0.102. The van der Waals surface area contributed by atoms with Gasteiger partial charge in [-0.25, -0.2) is 9.37 Å². The molecule has 0 aliphatic heterocycles. The van der Waals surface area contributed by atoms with E-state index in [1.54, 1.807) is 0 Å². The summed E-state index contributed by atoms with van der Waals surface area (Å²) in [6, 6.07) is 9.98. The van der Waals surface area contributed by atoms with Crippen molar-refractivity contribution in [3.8, 4) is 11.4 Å². The third-order valence-electron chi connectivity index (χ3n) is 3.18. The Kier molecular flexibility index (Phi) is 3.99. The fourth-order valence-corrected chi connectivity index (χ4v) is 2.24. The van der Waals surface area contributed by atoms with Crippen molar-refractivity contribution < 1.29 is 14.3 Å². The second kappa shape index (κ2) is 6.10. The highest BCUT2D eigenvalue weighted by Gasteiger charge is 2.15. The largest absolute Gasteiger partial charge is 0.506 e. The maximum atomic E-state index is 13.0. The summed E-state index contributed by atoms with van der Waals surface area (Å²) in [6.07, 6.45) is 2.82. The van der Waals surface area contributed by atoms with Gasteiger partial charge in [0.1, 0.15) is 17.3 Å². The number of hydrogen-bond acceptors (Lipinski definition) is 3. The predicted molar refractivity (Wildman–Crippen MR) is 84.6 cm³/mol. The van der Waals surface area contributed by atoms with Gasteiger partial charge in [-0.1, -0.05) is 11.6 Å². The zero-order valence-corrected chi connectivity index (χ0v) is 12.5. The van der Waals surface area contributed by atoms with E-state index in [4.69, 9.17) is 11.6 Å². The SMILES string of the molecule is O=C(Nc1cc(Cl)ccc1O)c1cncn1-c1ccc(F)cc1. The van der Waals surface area contributed by atoms with Gasteiger partial charge < -0.3 is 10.4 Å². The van der Waals surface area contributed by atoms with Gasteiger partial charge in [0, 0.05) is 10.7 Å². The first kappa shape index (κ1) is 15.1. The Labute approximate surface area is 136 Å². The molecule has 1 amide bonds. The number of imidazole rings is 1. The van der Waals surface area contributed by atoms with E-state index in [0.29, 0.717) is 10.7 Å². The zero-order chi connectivity index (χ0) is 16.4. The van der Waals surface area contributed by atoms with E-state index in [1.165, 1.54) is 59.6 Å². The number of aromatic hydroxyl groups is 1. The molecule has 3 rings (SSSR count). The normalized spacial score (nSPS) is 10.5. The molecular weight excluding hydrogens is 321 g/mol. The van der Waals surface area contributed by atoms with E-state index >= 15 is 0 Å². The summed E-state index contributed by atoms with van der Waals surface area (Å²) in [5, 5.41) is 12.7. The lowest BCUT2D eigenvalue weighted by Gasteiger charge is -2.10. The van der Waals surface area contributed by atoms with E-state index in [9.17, 15) is 14.3 Å². The minimum Gasteiger partial charge on any atom is -0.506 e. The first-order valence-corrected chi connectivity index (χ1v) is 7.00. The summed E-state index contributed by atoms with van der Waals surface area (Å²) in [7, 11) is 0. The monoisotopic (exact) mass is 331 g/mol. The van der Waals surface area contributed by atoms with Crippen molar-refractivity contribution >= 4 is 23.2 Å². The van der Waals surface area contributed by atoms with Crippen LogP contribution in [0.15, 0.2) is 55.0 Å². The van der Waals surface area contributed by atoms with Gasteiger partial charge >= 0.3 is 0 Å². The molecule has 0 aliphatic rings. The molecule has 7 heteroatoms. The molecular formula is C16H11ClFN3O2. The van der Waals surface area contributed by atoms with Crippen LogP contribution in [0, 0.1) is 5.82 Å². The highest BCUT2D eigenvalue weighted by molar-refractivity contribution is 6.31. The second-order valence-corrected chi connectivity index (χ2v) is 5.18. The number of halogens is 2. The third kappa shape index (κ3) is 3.17. The first-order chi connectivity index (χ1) is 11.0. The van der Waals surface area contributed by atoms with Crippen molar-refractivity contribution in [2.45, 2.75) is 0 Å². The van der Waals surface area contributed by atoms with E-state index in [2.05, 4.69) is 10.3 Å². The topological polar surface area (TPSA) is 67.2 Å². The molecule has 0 bridgehead atoms. The van der Waals surface area contributed by atoms with E-state index in [0.717, 1.165) is 0 Å². The molecule has 0 fully saturated rings. The number of aromatic nitrogens is 2. The van der Waals surface area contributed by atoms with Crippen LogP contribution >= 0.6 is 11.6 Å². The maximum Gasteiger partial charge on any atom is 0.274 e. The lowest BCUT2D eigenvalue weighted by Crippen LogP contribution is -2.16. The molecule has 116 valence electrons. The molecule has 0 spiro atoms. The van der Waals surface area contributed by atoms with Gasteiger partial charge in [0.15, 0.2) is 0 Å². The Morgan fingerprint density at radius 1 is 1.22 bits per heavy atom. The number of hydrogen-bond donors (Lipinski definition) is 2. The van der Waals surface area contributed by atoms with Crippen LogP contribution in [0.1, 0.15) is 10.5 Å². The van der Waals surface area contributed by atoms with Gasteiger partial charge in [0.25, 0.3) is 5.91 Å². The molecule has 3 aromatic rings. The number of phenolic OH excluding ortho intramolecular Hbond substituents is 1. The van der Waals surface area contributed by atoms with Crippen LogP contribution in [0.3, 0.4) is 0 Å². The summed E-state index contributed by atoms with van der Waals surface area (Å²) in [6.45, 7) is 0. The maximum absolute atomic E-state index is 13.0. The highest BCUT2D eigenvalue weighted by Crippen LogP contribution is 2.27. The summed E-state index contributed by atoms with van der Waals surface area (Å²) < 4.78 is 14.5. The highest BCUT2D eigenvalue weighted by atomic mass is 35.5. The van der Waals surface area contributed by atoms with Crippen LogP contribution in [0.2, 0.25) is 5.02 Å². The lowest BCUT2D eigenvalue weighted by atomic mass is 10.2. The molecule has 0 saturated carbocycles. The van der Waals surface area contributed by atoms with E-state index < -0.39 is 5.91 Å². The number of nitrogens with one attached hydrogen (secondary N) is 1. The van der Waals surface area contributed by atoms with Crippen molar-refractivity contribution in [1.29, 1.82) is 0 Å². The number of phenols is 1. The predicted octanol–water partition coefficient (Wildman–Crippen LogP) is 3.62. The van der Waals surface area contributed by atoms with Crippen LogP contribution < -0.4 is 5.32 Å². The minimum atomic E-state index is -0.482. The second-order valence-electron chi connectivity index (χ2n) is 4.74. The molecule has 0 aliphatic carbocycles. The summed E-state index contributed by atoms with van der Waals surface area (Å²) in [4.78, 5) is 16.3. The zero-order valence-electron chi connectivity index (χ0n) is 11.7. The average molecular weight is 332 g/mol. The Morgan fingerprint density at radius 3 is 2.70 bits per heavy atom. The molecule has 0 saturated heterocycles. The number of anilines is 1. The molecule has 1 aromatic heterocycles. The van der Waals surface area contributed by atoms with Gasteiger partial charge in [0.05, 0.1) is 18.2 Å². The number of benzene rings is 2. The Balaban J connectivity index is 1.91. The standard InChI is InChI=1S/C16H11ClFN3O2/c17-10-1-6-15(22)13(7-10)20-16(23)14-8-19-9-21(14)12-4-2-11(18)3-5-12/h1-9,22H,(H,20,23). The van der Waals surface area contributed by atoms with Gasteiger partial charge in [0.2, 0.25) is 0 Å². The number of amides is 1. The van der Waals surface area contributed by atoms with Crippen LogP contribution in [-0.2, 0) is 0 Å². The van der Waals surface area contributed by atoms with E-state index in [1.807, 2.05) is 0 Å². The van der Waals surface area contributed by atoms with Crippen LogP contribution in [-0.4, -0.2) is 20.6 Å². The minimum absolute atomic E-state index is 0.101. The molecule has 2 aromatic carbocycles. The number of rotatable bonds is 3. The van der Waals surface area contributed by atoms with Gasteiger partial charge in [-0.05, 0) is 42.5 Å². The average Bonchev–Trinajstić information content (AvgIpc) is 3.01. The van der Waals surface area contributed by atoms with Gasteiger partial charge in [-0.3, -0.25) is 9.36 Å². The quantitative estimate of drug-likeness (QED) is 0.720. The van der Waals surface area contributed by atoms with Gasteiger partial charge in [-0.15, -0.1) is 0 Å². The van der Waals surface area contributed by atoms with E-state index in [-0.39, 0.29) is 22.9 Å². The van der Waals surface area contributed by atoms with Crippen molar-refractivity contribution in [2.24, 2.45) is 0 Å². The Bertz CT molecular complexity index is 862. The molecule has 0 radical (unpaired) electrons. The van der Waals surface area contributed by atoms with Crippen LogP contribution in [0.5, 0.6) is 5.75 Å². The molecule has 0 unspecified atom stereocenters. The molecule has 23 heavy (non-hydrogen) atoms. The molecule has 1 heterocycles. The van der Waals surface area contributed by atoms with Crippen LogP contribution in [0.4, 0.5) is 10.1 Å². The fraction of sp³-hybridized carbons (Fsp3) is 0.